The predicted octanol–water partition coefficient (Wildman–Crippen LogP) is 3.69. The fraction of sp³-hybridized carbons (Fsp3) is 0.348. The van der Waals surface area contributed by atoms with Gasteiger partial charge in [0.25, 0.3) is 17.2 Å². The number of nitrogens with zero attached hydrogens (tertiary/aromatic N) is 4. The van der Waals surface area contributed by atoms with E-state index >= 15 is 0 Å². The monoisotopic (exact) mass is 420 g/mol. The first kappa shape index (κ1) is 20.7. The molecule has 31 heavy (non-hydrogen) atoms. The van der Waals surface area contributed by atoms with Gasteiger partial charge in [0.15, 0.2) is 0 Å². The molecule has 4 rings (SSSR count). The quantitative estimate of drug-likeness (QED) is 0.473. The van der Waals surface area contributed by atoms with Crippen molar-refractivity contribution < 1.29 is 9.72 Å². The van der Waals surface area contributed by atoms with Gasteiger partial charge in [-0.15, -0.1) is 0 Å². The van der Waals surface area contributed by atoms with E-state index in [-0.39, 0.29) is 23.7 Å². The van der Waals surface area contributed by atoms with Crippen molar-refractivity contribution in [1.29, 1.82) is 0 Å². The van der Waals surface area contributed by atoms with E-state index in [0.29, 0.717) is 28.6 Å². The van der Waals surface area contributed by atoms with Gasteiger partial charge in [-0.2, -0.15) is 0 Å². The van der Waals surface area contributed by atoms with Crippen LogP contribution >= 0.6 is 0 Å². The summed E-state index contributed by atoms with van der Waals surface area (Å²) < 4.78 is 1.77. The second-order valence-corrected chi connectivity index (χ2v) is 7.93. The molecule has 1 aliphatic heterocycles. The van der Waals surface area contributed by atoms with Gasteiger partial charge in [0.05, 0.1) is 22.4 Å². The lowest BCUT2D eigenvalue weighted by Crippen LogP contribution is -2.28. The van der Waals surface area contributed by atoms with E-state index in [1.54, 1.807) is 48.0 Å². The summed E-state index contributed by atoms with van der Waals surface area (Å²) in [6.45, 7) is 0.782. The van der Waals surface area contributed by atoms with Crippen LogP contribution in [0, 0.1) is 10.1 Å². The van der Waals surface area contributed by atoms with E-state index in [9.17, 15) is 19.7 Å². The first-order valence-electron chi connectivity index (χ1n) is 10.5. The van der Waals surface area contributed by atoms with Crippen LogP contribution in [0.2, 0.25) is 0 Å². The number of benzene rings is 2. The Balaban J connectivity index is 1.65. The third-order valence-electron chi connectivity index (χ3n) is 5.76. The summed E-state index contributed by atoms with van der Waals surface area (Å²) in [5, 5.41) is 11.7. The van der Waals surface area contributed by atoms with E-state index < -0.39 is 4.92 Å². The molecule has 0 bridgehead atoms. The van der Waals surface area contributed by atoms with Gasteiger partial charge in [-0.1, -0.05) is 31.0 Å². The molecule has 0 radical (unpaired) electrons. The average Bonchev–Trinajstić information content (AvgIpc) is 2.74. The van der Waals surface area contributed by atoms with Crippen LogP contribution < -0.4 is 5.56 Å². The largest absolute Gasteiger partial charge is 0.337 e. The van der Waals surface area contributed by atoms with Gasteiger partial charge in [0.2, 0.25) is 0 Å². The number of amides is 1. The maximum absolute atomic E-state index is 13.0. The van der Waals surface area contributed by atoms with Crippen LogP contribution in [-0.4, -0.2) is 32.3 Å². The topological polar surface area (TPSA) is 98.3 Å². The number of rotatable bonds is 4. The van der Waals surface area contributed by atoms with Crippen LogP contribution in [-0.2, 0) is 19.5 Å². The molecular formula is C23H24N4O4. The van der Waals surface area contributed by atoms with Crippen molar-refractivity contribution in [2.75, 3.05) is 7.05 Å². The number of nitro groups is 1. The molecule has 0 unspecified atom stereocenters. The molecule has 160 valence electrons. The van der Waals surface area contributed by atoms with E-state index in [1.807, 2.05) is 0 Å². The van der Waals surface area contributed by atoms with Crippen molar-refractivity contribution in [2.24, 2.45) is 0 Å². The van der Waals surface area contributed by atoms with Crippen LogP contribution in [0.4, 0.5) is 5.69 Å². The maximum Gasteiger partial charge on any atom is 0.274 e. The van der Waals surface area contributed by atoms with Crippen molar-refractivity contribution in [1.82, 2.24) is 14.5 Å². The number of aromatic nitrogens is 2. The Labute approximate surface area is 179 Å². The van der Waals surface area contributed by atoms with Crippen LogP contribution in [0.15, 0.2) is 47.3 Å². The molecule has 1 aliphatic rings. The van der Waals surface area contributed by atoms with E-state index in [2.05, 4.69) is 0 Å². The molecule has 0 N–H and O–H groups in total. The summed E-state index contributed by atoms with van der Waals surface area (Å²) >= 11 is 0. The zero-order valence-electron chi connectivity index (χ0n) is 17.4. The lowest BCUT2D eigenvalue weighted by atomic mass is 10.1. The van der Waals surface area contributed by atoms with Gasteiger partial charge in [-0.25, -0.2) is 4.98 Å². The summed E-state index contributed by atoms with van der Waals surface area (Å²) in [5.74, 6) is 0.490. The molecule has 0 saturated heterocycles. The Kier molecular flexibility index (Phi) is 5.79. The Hall–Kier alpha value is -3.55. The second-order valence-electron chi connectivity index (χ2n) is 7.93. The van der Waals surface area contributed by atoms with E-state index in [1.165, 1.54) is 11.0 Å². The standard InChI is InChI=1S/C23H24N4O4/c1-25(15-17-8-5-6-9-20(17)27(30)31)22(28)16-11-12-18-19(14-16)24-21-10-4-2-3-7-13-26(21)23(18)29/h5-6,8-9,11-12,14H,2-4,7,10,13,15H2,1H3. The van der Waals surface area contributed by atoms with Crippen molar-refractivity contribution in [2.45, 2.75) is 45.2 Å². The van der Waals surface area contributed by atoms with Gasteiger partial charge in [-0.05, 0) is 31.0 Å². The number of para-hydroxylation sites is 1. The molecule has 1 amide bonds. The molecule has 2 aromatic carbocycles. The van der Waals surface area contributed by atoms with Gasteiger partial charge in [-0.3, -0.25) is 24.3 Å². The normalized spacial score (nSPS) is 13.8. The maximum atomic E-state index is 13.0. The summed E-state index contributed by atoms with van der Waals surface area (Å²) in [7, 11) is 1.60. The predicted molar refractivity (Wildman–Crippen MR) is 117 cm³/mol. The van der Waals surface area contributed by atoms with Crippen LogP contribution in [0.3, 0.4) is 0 Å². The molecule has 8 nitrogen and oxygen atoms in total. The number of hydrogen-bond donors (Lipinski definition) is 0. The highest BCUT2D eigenvalue weighted by Gasteiger charge is 2.19. The fourth-order valence-corrected chi connectivity index (χ4v) is 4.10. The van der Waals surface area contributed by atoms with Crippen LogP contribution in [0.1, 0.15) is 47.4 Å². The minimum absolute atomic E-state index is 0.0195. The highest BCUT2D eigenvalue weighted by atomic mass is 16.6. The number of hydrogen-bond acceptors (Lipinski definition) is 5. The van der Waals surface area contributed by atoms with E-state index in [0.717, 1.165) is 37.9 Å². The summed E-state index contributed by atoms with van der Waals surface area (Å²) in [6.07, 6.45) is 4.95. The zero-order chi connectivity index (χ0) is 22.0. The molecule has 0 fully saturated rings. The Morgan fingerprint density at radius 3 is 2.74 bits per heavy atom. The SMILES string of the molecule is CN(Cc1ccccc1[N+](=O)[O-])C(=O)c1ccc2c(=O)n3c(nc2c1)CCCCCC3. The fourth-order valence-electron chi connectivity index (χ4n) is 4.10. The molecule has 0 aliphatic carbocycles. The molecule has 0 atom stereocenters. The van der Waals surface area contributed by atoms with Gasteiger partial charge in [0.1, 0.15) is 5.82 Å². The Bertz CT molecular complexity index is 1220. The summed E-state index contributed by atoms with van der Waals surface area (Å²) in [5.41, 5.74) is 1.29. The molecule has 8 heteroatoms. The molecule has 0 saturated carbocycles. The van der Waals surface area contributed by atoms with Crippen molar-refractivity contribution in [3.8, 4) is 0 Å². The van der Waals surface area contributed by atoms with Gasteiger partial charge in [0, 0.05) is 37.2 Å². The van der Waals surface area contributed by atoms with E-state index in [4.69, 9.17) is 4.98 Å². The first-order chi connectivity index (χ1) is 15.0. The Morgan fingerprint density at radius 2 is 1.94 bits per heavy atom. The highest BCUT2D eigenvalue weighted by molar-refractivity contribution is 5.97. The smallest absolute Gasteiger partial charge is 0.274 e. The molecule has 1 aromatic heterocycles. The van der Waals surface area contributed by atoms with Crippen molar-refractivity contribution in [3.63, 3.8) is 0 Å². The third kappa shape index (κ3) is 4.19. The third-order valence-corrected chi connectivity index (χ3v) is 5.76. The molecule has 0 spiro atoms. The first-order valence-corrected chi connectivity index (χ1v) is 10.5. The lowest BCUT2D eigenvalue weighted by molar-refractivity contribution is -0.385. The molecular weight excluding hydrogens is 396 g/mol. The lowest BCUT2D eigenvalue weighted by Gasteiger charge is -2.18. The van der Waals surface area contributed by atoms with Crippen LogP contribution in [0.25, 0.3) is 10.9 Å². The molecule has 2 heterocycles. The van der Waals surface area contributed by atoms with Crippen LogP contribution in [0.5, 0.6) is 0 Å². The number of nitro benzene ring substituents is 1. The average molecular weight is 420 g/mol. The highest BCUT2D eigenvalue weighted by Crippen LogP contribution is 2.21. The van der Waals surface area contributed by atoms with Crippen molar-refractivity contribution in [3.05, 3.63) is 79.9 Å². The number of aryl methyl sites for hydroxylation is 1. The minimum atomic E-state index is -0.449. The number of carbonyl (C=O) groups excluding carboxylic acids is 1. The van der Waals surface area contributed by atoms with Gasteiger partial charge < -0.3 is 4.90 Å². The van der Waals surface area contributed by atoms with Crippen molar-refractivity contribution >= 4 is 22.5 Å². The Morgan fingerprint density at radius 1 is 1.16 bits per heavy atom. The van der Waals surface area contributed by atoms with Gasteiger partial charge >= 0.3 is 0 Å². The number of carbonyl (C=O) groups is 1. The minimum Gasteiger partial charge on any atom is -0.337 e. The molecule has 3 aromatic rings. The summed E-state index contributed by atoms with van der Waals surface area (Å²) in [6, 6.07) is 11.3. The zero-order valence-corrected chi connectivity index (χ0v) is 17.4. The number of fused-ring (bicyclic) bond motifs is 2. The summed E-state index contributed by atoms with van der Waals surface area (Å²) in [4.78, 5) is 42.9. The second kappa shape index (κ2) is 8.67.